The summed E-state index contributed by atoms with van der Waals surface area (Å²) in [7, 11) is 3.18. The van der Waals surface area contributed by atoms with Crippen LogP contribution in [-0.4, -0.2) is 37.9 Å². The van der Waals surface area contributed by atoms with Gasteiger partial charge in [0.05, 0.1) is 14.2 Å². The Balaban J connectivity index is 0.00000385. The fraction of sp³-hybridized carbons (Fsp3) is 0.308. The summed E-state index contributed by atoms with van der Waals surface area (Å²) in [5.41, 5.74) is 1.17. The molecular formula is C26H28N2NiO4. The average molecular weight is 491 g/mol. The van der Waals surface area contributed by atoms with Crippen LogP contribution >= 0.6 is 0 Å². The molecule has 0 aromatic heterocycles. The van der Waals surface area contributed by atoms with E-state index in [4.69, 9.17) is 9.47 Å². The Morgan fingerprint density at radius 3 is 1.42 bits per heavy atom. The molecule has 2 atom stereocenters. The molecule has 1 aliphatic rings. The van der Waals surface area contributed by atoms with Gasteiger partial charge in [-0.3, -0.25) is 9.59 Å². The van der Waals surface area contributed by atoms with Crippen molar-refractivity contribution in [2.24, 2.45) is 0 Å². The number of methoxy groups -OCH3 is 2. The van der Waals surface area contributed by atoms with Gasteiger partial charge in [-0.25, -0.2) is 0 Å². The summed E-state index contributed by atoms with van der Waals surface area (Å²) in [5.74, 6) is 1.21. The van der Waals surface area contributed by atoms with Crippen LogP contribution in [-0.2, 0) is 16.5 Å². The zero-order valence-electron chi connectivity index (χ0n) is 18.8. The SMILES string of the molecule is COc1ccc(C(=O)/C=C\[N-][C@H]2CCCC[C@@H]2[N-]/C=C\C(=O)c2ccc(OC)cc2)cc1.[Ni+2]. The molecule has 2 aromatic carbocycles. The maximum absolute atomic E-state index is 12.3. The Morgan fingerprint density at radius 1 is 0.727 bits per heavy atom. The molecule has 176 valence electrons. The molecule has 6 nitrogen and oxygen atoms in total. The smallest absolute Gasteiger partial charge is 0.689 e. The molecule has 7 heteroatoms. The van der Waals surface area contributed by atoms with Crippen molar-refractivity contribution < 1.29 is 35.6 Å². The van der Waals surface area contributed by atoms with Crippen LogP contribution in [0.2, 0.25) is 0 Å². The number of hydrogen-bond donors (Lipinski definition) is 0. The van der Waals surface area contributed by atoms with Crippen LogP contribution in [0, 0.1) is 0 Å². The molecule has 33 heavy (non-hydrogen) atoms. The molecular weight excluding hydrogens is 463 g/mol. The molecule has 0 heterocycles. The molecule has 0 saturated heterocycles. The van der Waals surface area contributed by atoms with Gasteiger partial charge in [0, 0.05) is 11.1 Å². The van der Waals surface area contributed by atoms with Crippen molar-refractivity contribution in [2.75, 3.05) is 14.2 Å². The van der Waals surface area contributed by atoms with Gasteiger partial charge in [0.2, 0.25) is 0 Å². The summed E-state index contributed by atoms with van der Waals surface area (Å²) in [5, 5.41) is 9.17. The third-order valence-electron chi connectivity index (χ3n) is 5.45. The average Bonchev–Trinajstić information content (AvgIpc) is 2.85. The Kier molecular flexibility index (Phi) is 10.7. The van der Waals surface area contributed by atoms with Crippen molar-refractivity contribution in [1.29, 1.82) is 0 Å². The minimum atomic E-state index is -0.106. The molecule has 1 aliphatic carbocycles. The van der Waals surface area contributed by atoms with E-state index < -0.39 is 0 Å². The van der Waals surface area contributed by atoms with Crippen LogP contribution in [0.25, 0.3) is 10.6 Å². The van der Waals surface area contributed by atoms with Crippen molar-refractivity contribution >= 4 is 11.6 Å². The van der Waals surface area contributed by atoms with Gasteiger partial charge in [0.15, 0.2) is 11.6 Å². The molecule has 1 saturated carbocycles. The van der Waals surface area contributed by atoms with Crippen LogP contribution < -0.4 is 9.47 Å². The number of benzene rings is 2. The number of ketones is 2. The second-order valence-electron chi connectivity index (χ2n) is 7.53. The number of carbonyl (C=O) groups is 2. The molecule has 0 spiro atoms. The molecule has 0 bridgehead atoms. The number of nitrogens with zero attached hydrogens (tertiary/aromatic N) is 2. The second kappa shape index (κ2) is 13.5. The summed E-state index contributed by atoms with van der Waals surface area (Å²) in [6, 6.07) is 14.0. The summed E-state index contributed by atoms with van der Waals surface area (Å²) >= 11 is 0. The first-order valence-corrected chi connectivity index (χ1v) is 10.7. The van der Waals surface area contributed by atoms with E-state index in [1.807, 2.05) is 0 Å². The Hall–Kier alpha value is -3.05. The monoisotopic (exact) mass is 490 g/mol. The van der Waals surface area contributed by atoms with Crippen LogP contribution in [0.15, 0.2) is 73.1 Å². The van der Waals surface area contributed by atoms with E-state index in [0.717, 1.165) is 25.7 Å². The van der Waals surface area contributed by atoms with E-state index in [0.29, 0.717) is 22.6 Å². The zero-order chi connectivity index (χ0) is 22.8. The first-order valence-electron chi connectivity index (χ1n) is 10.7. The Morgan fingerprint density at radius 2 is 1.09 bits per heavy atom. The van der Waals surface area contributed by atoms with Gasteiger partial charge in [-0.15, -0.1) is 12.1 Å². The molecule has 0 unspecified atom stereocenters. The molecule has 0 radical (unpaired) electrons. The van der Waals surface area contributed by atoms with Crippen molar-refractivity contribution in [3.63, 3.8) is 0 Å². The van der Waals surface area contributed by atoms with Crippen LogP contribution in [0.3, 0.4) is 0 Å². The Bertz CT molecular complexity index is 876. The van der Waals surface area contributed by atoms with Gasteiger partial charge in [0.1, 0.15) is 11.5 Å². The molecule has 0 N–H and O–H groups in total. The summed E-state index contributed by atoms with van der Waals surface area (Å²) in [6.07, 6.45) is 10.1. The number of allylic oxidation sites excluding steroid dienone is 2. The van der Waals surface area contributed by atoms with E-state index in [-0.39, 0.29) is 40.1 Å². The second-order valence-corrected chi connectivity index (χ2v) is 7.53. The van der Waals surface area contributed by atoms with E-state index >= 15 is 0 Å². The number of rotatable bonds is 10. The fourth-order valence-corrected chi connectivity index (χ4v) is 3.59. The van der Waals surface area contributed by atoms with Gasteiger partial charge in [0.25, 0.3) is 0 Å². The van der Waals surface area contributed by atoms with Crippen LogP contribution in [0.5, 0.6) is 11.5 Å². The zero-order valence-corrected chi connectivity index (χ0v) is 19.7. The van der Waals surface area contributed by atoms with Gasteiger partial charge >= 0.3 is 16.5 Å². The van der Waals surface area contributed by atoms with Gasteiger partial charge in [-0.2, -0.15) is 12.4 Å². The summed E-state index contributed by atoms with van der Waals surface area (Å²) in [6.45, 7) is 0. The number of ether oxygens (including phenoxy) is 2. The van der Waals surface area contributed by atoms with Gasteiger partial charge in [-0.05, 0) is 60.7 Å². The first kappa shape index (κ1) is 26.2. The van der Waals surface area contributed by atoms with E-state index in [9.17, 15) is 9.59 Å². The molecule has 1 fully saturated rings. The van der Waals surface area contributed by atoms with Crippen molar-refractivity contribution in [2.45, 2.75) is 37.8 Å². The summed E-state index contributed by atoms with van der Waals surface area (Å²) in [4.78, 5) is 24.6. The molecule has 2 aromatic rings. The maximum atomic E-state index is 12.3. The van der Waals surface area contributed by atoms with Crippen LogP contribution in [0.4, 0.5) is 0 Å². The number of hydrogen-bond acceptors (Lipinski definition) is 4. The normalized spacial score (nSPS) is 17.9. The maximum Gasteiger partial charge on any atom is 2.00 e. The quantitative estimate of drug-likeness (QED) is 0.237. The predicted molar refractivity (Wildman–Crippen MR) is 126 cm³/mol. The van der Waals surface area contributed by atoms with E-state index in [1.54, 1.807) is 75.2 Å². The molecule has 0 aliphatic heterocycles. The Labute approximate surface area is 205 Å². The largest absolute Gasteiger partial charge is 2.00 e. The summed E-state index contributed by atoms with van der Waals surface area (Å²) < 4.78 is 10.2. The third-order valence-corrected chi connectivity index (χ3v) is 5.45. The van der Waals surface area contributed by atoms with Crippen molar-refractivity contribution in [3.8, 4) is 11.5 Å². The predicted octanol–water partition coefficient (Wildman–Crippen LogP) is 5.85. The van der Waals surface area contributed by atoms with Crippen molar-refractivity contribution in [1.82, 2.24) is 0 Å². The minimum absolute atomic E-state index is 0. The standard InChI is InChI=1S/C26H30N2O4.Ni/c1-31-21-11-7-19(8-12-21)25(29)15-17-27-23-5-3-4-6-24(23)28-18-16-26(30)20-9-13-22(32-2)14-10-20;/h7-18,23-24H,3-6H2,1-2H3,(H2,27,28,29,30);/q;+2/p-2/t23-,24-;/m0./s1. The van der Waals surface area contributed by atoms with Gasteiger partial charge in [-0.1, -0.05) is 25.7 Å². The number of carbonyl (C=O) groups excluding carboxylic acids is 2. The van der Waals surface area contributed by atoms with E-state index in [2.05, 4.69) is 10.6 Å². The first-order chi connectivity index (χ1) is 15.6. The van der Waals surface area contributed by atoms with Crippen LogP contribution in [0.1, 0.15) is 46.4 Å². The fourth-order valence-electron chi connectivity index (χ4n) is 3.59. The van der Waals surface area contributed by atoms with Crippen molar-refractivity contribution in [3.05, 3.63) is 94.8 Å². The topological polar surface area (TPSA) is 80.8 Å². The molecule has 3 rings (SSSR count). The van der Waals surface area contributed by atoms with Gasteiger partial charge < -0.3 is 20.1 Å². The molecule has 0 amide bonds. The minimum Gasteiger partial charge on any atom is -0.689 e. The van der Waals surface area contributed by atoms with E-state index in [1.165, 1.54) is 12.2 Å². The third kappa shape index (κ3) is 7.79.